The molecule has 3 aromatic heterocycles. The van der Waals surface area contributed by atoms with E-state index in [0.29, 0.717) is 11.2 Å². The average molecular weight is 466 g/mol. The van der Waals surface area contributed by atoms with Gasteiger partial charge in [0.25, 0.3) is 0 Å². The predicted molar refractivity (Wildman–Crippen MR) is 131 cm³/mol. The fourth-order valence-electron chi connectivity index (χ4n) is 5.03. The maximum absolute atomic E-state index is 11.6. The van der Waals surface area contributed by atoms with Gasteiger partial charge in [0.2, 0.25) is 5.91 Å². The highest BCUT2D eigenvalue weighted by Gasteiger charge is 2.32. The van der Waals surface area contributed by atoms with E-state index >= 15 is 0 Å². The Balaban J connectivity index is 1.54. The molecule has 33 heavy (non-hydrogen) atoms. The van der Waals surface area contributed by atoms with Crippen molar-refractivity contribution in [3.63, 3.8) is 0 Å². The lowest BCUT2D eigenvalue weighted by Crippen LogP contribution is -2.16. The first-order chi connectivity index (χ1) is 16.1. The van der Waals surface area contributed by atoms with Gasteiger partial charge in [0.15, 0.2) is 5.13 Å². The van der Waals surface area contributed by atoms with Crippen molar-refractivity contribution in [2.24, 2.45) is 0 Å². The normalized spacial score (nSPS) is 15.8. The number of amides is 1. The van der Waals surface area contributed by atoms with Crippen LogP contribution in [0.25, 0.3) is 21.8 Å². The van der Waals surface area contributed by atoms with Crippen LogP contribution in [0, 0.1) is 0 Å². The van der Waals surface area contributed by atoms with E-state index in [0.717, 1.165) is 72.7 Å². The summed E-state index contributed by atoms with van der Waals surface area (Å²) >= 11 is 1.58. The van der Waals surface area contributed by atoms with E-state index in [1.165, 1.54) is 37.4 Å². The molecule has 5 rings (SSSR count). The Bertz CT molecular complexity index is 1130. The number of anilines is 1. The summed E-state index contributed by atoms with van der Waals surface area (Å²) in [6.45, 7) is 2.28. The van der Waals surface area contributed by atoms with Crippen molar-refractivity contribution in [1.82, 2.24) is 19.7 Å². The Labute approximate surface area is 198 Å². The molecule has 2 aliphatic carbocycles. The lowest BCUT2D eigenvalue weighted by atomic mass is 9.93. The minimum absolute atomic E-state index is 0.0838. The van der Waals surface area contributed by atoms with Gasteiger partial charge in [-0.1, -0.05) is 30.6 Å². The molecule has 2 aliphatic rings. The lowest BCUT2D eigenvalue weighted by molar-refractivity contribution is -0.114. The molecule has 0 radical (unpaired) electrons. The lowest BCUT2D eigenvalue weighted by Gasteiger charge is -2.25. The van der Waals surface area contributed by atoms with Gasteiger partial charge in [0.05, 0.1) is 28.0 Å². The summed E-state index contributed by atoms with van der Waals surface area (Å²) in [7, 11) is 1.73. The molecule has 1 N–H and O–H groups in total. The van der Waals surface area contributed by atoms with Crippen LogP contribution in [-0.4, -0.2) is 39.4 Å². The summed E-state index contributed by atoms with van der Waals surface area (Å²) in [5, 5.41) is 8.77. The first-order valence-corrected chi connectivity index (χ1v) is 12.8. The molecule has 1 amide bonds. The monoisotopic (exact) mass is 465 g/mol. The van der Waals surface area contributed by atoms with Crippen molar-refractivity contribution >= 4 is 22.4 Å². The van der Waals surface area contributed by atoms with Crippen LogP contribution in [0.1, 0.15) is 68.4 Å². The molecule has 1 fully saturated rings. The second-order valence-corrected chi connectivity index (χ2v) is 10.0. The molecule has 0 aliphatic heterocycles. The molecule has 0 bridgehead atoms. The number of hydrogen-bond donors (Lipinski definition) is 1. The number of carbonyl (C=O) groups excluding carboxylic acids is 1. The van der Waals surface area contributed by atoms with Crippen molar-refractivity contribution in [3.8, 4) is 21.8 Å². The third kappa shape index (κ3) is 4.59. The van der Waals surface area contributed by atoms with Crippen LogP contribution in [0.5, 0.6) is 0 Å². The molecular weight excluding hydrogens is 434 g/mol. The molecule has 0 atom stereocenters. The molecule has 0 spiro atoms. The number of ether oxygens (including phenoxy) is 1. The van der Waals surface area contributed by atoms with E-state index in [1.807, 2.05) is 6.20 Å². The minimum Gasteiger partial charge on any atom is -0.385 e. The standard InChI is InChI=1S/C25H31N5O2S/c1-16(31)27-25-28-21-13-12-20-22(17-10-11-18(26-15-17)7-6-14-32-2)29-30(23(20)24(21)33-25)19-8-4-3-5-9-19/h10-11,15,19H,3-9,12-14H2,1-2H3,(H,27,28,31). The maximum Gasteiger partial charge on any atom is 0.223 e. The zero-order valence-corrected chi connectivity index (χ0v) is 20.2. The minimum atomic E-state index is -0.0838. The number of thiazole rings is 1. The number of rotatable bonds is 7. The Kier molecular flexibility index (Phi) is 6.55. The first kappa shape index (κ1) is 22.2. The second-order valence-electron chi connectivity index (χ2n) is 9.02. The van der Waals surface area contributed by atoms with Crippen LogP contribution in [0.4, 0.5) is 5.13 Å². The number of aromatic nitrogens is 4. The number of hydrogen-bond acceptors (Lipinski definition) is 6. The Morgan fingerprint density at radius 2 is 2.09 bits per heavy atom. The zero-order valence-electron chi connectivity index (χ0n) is 19.4. The molecule has 0 unspecified atom stereocenters. The van der Waals surface area contributed by atoms with Crippen molar-refractivity contribution in [2.75, 3.05) is 19.0 Å². The van der Waals surface area contributed by atoms with Crippen LogP contribution in [0.2, 0.25) is 0 Å². The van der Waals surface area contributed by atoms with Crippen LogP contribution in [-0.2, 0) is 28.8 Å². The van der Waals surface area contributed by atoms with Crippen molar-refractivity contribution in [1.29, 1.82) is 0 Å². The fraction of sp³-hybridized carbons (Fsp3) is 0.520. The second kappa shape index (κ2) is 9.73. The summed E-state index contributed by atoms with van der Waals surface area (Å²) in [6, 6.07) is 4.69. The van der Waals surface area contributed by atoms with Gasteiger partial charge in [-0.2, -0.15) is 5.10 Å². The van der Waals surface area contributed by atoms with Gasteiger partial charge < -0.3 is 10.1 Å². The SMILES string of the molecule is COCCCc1ccc(-c2nn(C3CCCCC3)c3c2CCc2nc(NC(C)=O)sc2-3)cn1. The zero-order chi connectivity index (χ0) is 22.8. The van der Waals surface area contributed by atoms with E-state index in [-0.39, 0.29) is 5.91 Å². The van der Waals surface area contributed by atoms with E-state index < -0.39 is 0 Å². The van der Waals surface area contributed by atoms with Gasteiger partial charge >= 0.3 is 0 Å². The van der Waals surface area contributed by atoms with Gasteiger partial charge in [-0.3, -0.25) is 14.5 Å². The number of methoxy groups -OCH3 is 1. The molecular formula is C25H31N5O2S. The highest BCUT2D eigenvalue weighted by atomic mass is 32.1. The smallest absolute Gasteiger partial charge is 0.223 e. The van der Waals surface area contributed by atoms with E-state index in [1.54, 1.807) is 18.4 Å². The third-order valence-electron chi connectivity index (χ3n) is 6.62. The van der Waals surface area contributed by atoms with Gasteiger partial charge in [-0.25, -0.2) is 4.98 Å². The van der Waals surface area contributed by atoms with E-state index in [4.69, 9.17) is 19.8 Å². The Morgan fingerprint density at radius 1 is 1.24 bits per heavy atom. The summed E-state index contributed by atoms with van der Waals surface area (Å²) in [4.78, 5) is 22.2. The summed E-state index contributed by atoms with van der Waals surface area (Å²) in [5.41, 5.74) is 6.78. The van der Waals surface area contributed by atoms with Crippen LogP contribution in [0.3, 0.4) is 0 Å². The van der Waals surface area contributed by atoms with E-state index in [2.05, 4.69) is 22.1 Å². The molecule has 8 heteroatoms. The van der Waals surface area contributed by atoms with Crippen LogP contribution >= 0.6 is 11.3 Å². The van der Waals surface area contributed by atoms with Crippen molar-refractivity contribution in [3.05, 3.63) is 35.3 Å². The number of carbonyl (C=O) groups is 1. The number of fused-ring (bicyclic) bond motifs is 3. The largest absolute Gasteiger partial charge is 0.385 e. The highest BCUT2D eigenvalue weighted by Crippen LogP contribution is 2.45. The topological polar surface area (TPSA) is 81.9 Å². The number of pyridine rings is 1. The van der Waals surface area contributed by atoms with Gasteiger partial charge in [-0.05, 0) is 50.7 Å². The number of nitrogens with one attached hydrogen (secondary N) is 1. The maximum atomic E-state index is 11.6. The van der Waals surface area contributed by atoms with Gasteiger partial charge in [0.1, 0.15) is 0 Å². The molecule has 1 saturated carbocycles. The summed E-state index contributed by atoms with van der Waals surface area (Å²) < 4.78 is 7.44. The van der Waals surface area contributed by atoms with Crippen molar-refractivity contribution < 1.29 is 9.53 Å². The molecule has 3 aromatic rings. The molecule has 174 valence electrons. The highest BCUT2D eigenvalue weighted by molar-refractivity contribution is 7.19. The molecule has 0 saturated heterocycles. The molecule has 7 nitrogen and oxygen atoms in total. The first-order valence-electron chi connectivity index (χ1n) is 12.0. The van der Waals surface area contributed by atoms with Crippen LogP contribution in [0.15, 0.2) is 18.3 Å². The third-order valence-corrected chi connectivity index (χ3v) is 7.64. The number of aryl methyl sites for hydroxylation is 2. The molecule has 0 aromatic carbocycles. The Morgan fingerprint density at radius 3 is 2.82 bits per heavy atom. The fourth-order valence-corrected chi connectivity index (χ4v) is 6.15. The van der Waals surface area contributed by atoms with Crippen LogP contribution < -0.4 is 5.32 Å². The average Bonchev–Trinajstić information content (AvgIpc) is 3.41. The molecule has 3 heterocycles. The number of nitrogens with zero attached hydrogens (tertiary/aromatic N) is 4. The van der Waals surface area contributed by atoms with E-state index in [9.17, 15) is 4.79 Å². The summed E-state index contributed by atoms with van der Waals surface area (Å²) in [6.07, 6.45) is 11.8. The van der Waals surface area contributed by atoms with Gasteiger partial charge in [-0.15, -0.1) is 0 Å². The Hall–Kier alpha value is -2.58. The predicted octanol–water partition coefficient (Wildman–Crippen LogP) is 5.21. The van der Waals surface area contributed by atoms with Gasteiger partial charge in [0, 0.05) is 43.7 Å². The summed E-state index contributed by atoms with van der Waals surface area (Å²) in [5.74, 6) is -0.0838. The quantitative estimate of drug-likeness (QED) is 0.485. The van der Waals surface area contributed by atoms with Crippen molar-refractivity contribution in [2.45, 2.75) is 70.8 Å².